The predicted molar refractivity (Wildman–Crippen MR) is 83.5 cm³/mol. The van der Waals surface area contributed by atoms with Crippen molar-refractivity contribution in [1.29, 1.82) is 0 Å². The fraction of sp³-hybridized carbons (Fsp3) is 0.800. The molecule has 6 heteroatoms. The third-order valence-electron chi connectivity index (χ3n) is 4.42. The van der Waals surface area contributed by atoms with Crippen molar-refractivity contribution in [2.45, 2.75) is 64.1 Å². The summed E-state index contributed by atoms with van der Waals surface area (Å²) in [5.74, 6) is 1.79. The van der Waals surface area contributed by atoms with E-state index in [9.17, 15) is 4.79 Å². The van der Waals surface area contributed by atoms with Gasteiger partial charge in [-0.25, -0.2) is 0 Å². The first-order chi connectivity index (χ1) is 10.1. The summed E-state index contributed by atoms with van der Waals surface area (Å²) in [6.07, 6.45) is 7.31. The van der Waals surface area contributed by atoms with E-state index in [1.807, 2.05) is 0 Å². The van der Waals surface area contributed by atoms with Gasteiger partial charge in [-0.15, -0.1) is 10.2 Å². The van der Waals surface area contributed by atoms with Crippen LogP contribution in [0.5, 0.6) is 0 Å². The van der Waals surface area contributed by atoms with E-state index in [4.69, 9.17) is 5.11 Å². The van der Waals surface area contributed by atoms with Crippen LogP contribution in [0.4, 0.5) is 0 Å². The maximum atomic E-state index is 10.7. The van der Waals surface area contributed by atoms with Crippen molar-refractivity contribution in [2.24, 2.45) is 11.8 Å². The summed E-state index contributed by atoms with van der Waals surface area (Å²) in [5.41, 5.74) is 0. The number of hydrogen-bond acceptors (Lipinski definition) is 4. The van der Waals surface area contributed by atoms with Crippen molar-refractivity contribution < 1.29 is 9.90 Å². The zero-order chi connectivity index (χ0) is 15.2. The number of rotatable bonds is 7. The maximum Gasteiger partial charge on any atom is 0.313 e. The number of aromatic nitrogens is 3. The largest absolute Gasteiger partial charge is 0.481 e. The van der Waals surface area contributed by atoms with Gasteiger partial charge in [0.05, 0.1) is 5.75 Å². The Morgan fingerprint density at radius 1 is 1.24 bits per heavy atom. The molecule has 5 nitrogen and oxygen atoms in total. The van der Waals surface area contributed by atoms with Gasteiger partial charge >= 0.3 is 5.97 Å². The number of thioether (sulfide) groups is 1. The van der Waals surface area contributed by atoms with Crippen molar-refractivity contribution in [1.82, 2.24) is 14.8 Å². The van der Waals surface area contributed by atoms with Crippen LogP contribution < -0.4 is 0 Å². The molecule has 0 radical (unpaired) electrons. The van der Waals surface area contributed by atoms with E-state index in [1.54, 1.807) is 0 Å². The lowest BCUT2D eigenvalue weighted by molar-refractivity contribution is -0.133. The minimum atomic E-state index is -0.809. The van der Waals surface area contributed by atoms with Crippen LogP contribution >= 0.6 is 11.8 Å². The number of aryl methyl sites for hydroxylation is 1. The summed E-state index contributed by atoms with van der Waals surface area (Å²) in [6.45, 7) is 5.29. The Hall–Kier alpha value is -1.04. The Kier molecular flexibility index (Phi) is 6.08. The van der Waals surface area contributed by atoms with Crippen molar-refractivity contribution in [2.75, 3.05) is 5.75 Å². The minimum absolute atomic E-state index is 0.0461. The number of nitrogens with zero attached hydrogens (tertiary/aromatic N) is 3. The zero-order valence-corrected chi connectivity index (χ0v) is 13.7. The maximum absolute atomic E-state index is 10.7. The Morgan fingerprint density at radius 3 is 2.48 bits per heavy atom. The van der Waals surface area contributed by atoms with Crippen LogP contribution in [0.25, 0.3) is 0 Å². The SMILES string of the molecule is CCc1nnc(SCC(=O)O)n1CC1CCC(CC)CC1. The molecule has 1 aromatic rings. The van der Waals surface area contributed by atoms with E-state index in [-0.39, 0.29) is 5.75 Å². The van der Waals surface area contributed by atoms with Crippen molar-refractivity contribution in [3.05, 3.63) is 5.82 Å². The molecule has 1 aromatic heterocycles. The zero-order valence-electron chi connectivity index (χ0n) is 12.9. The van der Waals surface area contributed by atoms with Gasteiger partial charge in [0.2, 0.25) is 0 Å². The number of carboxylic acid groups (broad SMARTS) is 1. The second kappa shape index (κ2) is 7.82. The topological polar surface area (TPSA) is 68.0 Å². The molecule has 0 aliphatic heterocycles. The lowest BCUT2D eigenvalue weighted by Crippen LogP contribution is -2.20. The van der Waals surface area contributed by atoms with E-state index in [1.165, 1.54) is 43.9 Å². The summed E-state index contributed by atoms with van der Waals surface area (Å²) < 4.78 is 2.14. The third kappa shape index (κ3) is 4.46. The fourth-order valence-electron chi connectivity index (χ4n) is 3.08. The van der Waals surface area contributed by atoms with Gasteiger partial charge in [-0.3, -0.25) is 4.79 Å². The van der Waals surface area contributed by atoms with Gasteiger partial charge in [-0.05, 0) is 24.7 Å². The Balaban J connectivity index is 2.00. The first-order valence-corrected chi connectivity index (χ1v) is 8.89. The highest BCUT2D eigenvalue weighted by Gasteiger charge is 2.22. The third-order valence-corrected chi connectivity index (χ3v) is 5.37. The number of carbonyl (C=O) groups is 1. The van der Waals surface area contributed by atoms with E-state index < -0.39 is 5.97 Å². The normalized spacial score (nSPS) is 22.4. The quantitative estimate of drug-likeness (QED) is 0.783. The van der Waals surface area contributed by atoms with Gasteiger partial charge in [0.15, 0.2) is 5.16 Å². The fourth-order valence-corrected chi connectivity index (χ4v) is 3.76. The van der Waals surface area contributed by atoms with E-state index in [2.05, 4.69) is 28.6 Å². The summed E-state index contributed by atoms with van der Waals surface area (Å²) in [6, 6.07) is 0. The van der Waals surface area contributed by atoms with Crippen LogP contribution in [0.1, 0.15) is 51.8 Å². The lowest BCUT2D eigenvalue weighted by Gasteiger charge is -2.28. The van der Waals surface area contributed by atoms with Gasteiger partial charge in [-0.2, -0.15) is 0 Å². The van der Waals surface area contributed by atoms with Crippen LogP contribution in [0.15, 0.2) is 5.16 Å². The first kappa shape index (κ1) is 16.3. The number of carboxylic acids is 1. The molecule has 1 aliphatic carbocycles. The second-order valence-corrected chi connectivity index (χ2v) is 6.78. The Labute approximate surface area is 130 Å². The van der Waals surface area contributed by atoms with Gasteiger partial charge in [0.25, 0.3) is 0 Å². The second-order valence-electron chi connectivity index (χ2n) is 5.84. The Bertz CT molecular complexity index is 467. The average Bonchev–Trinajstić information content (AvgIpc) is 2.88. The molecule has 1 saturated carbocycles. The van der Waals surface area contributed by atoms with Crippen LogP contribution in [0.2, 0.25) is 0 Å². The molecule has 1 N–H and O–H groups in total. The van der Waals surface area contributed by atoms with Crippen LogP contribution in [-0.2, 0) is 17.8 Å². The van der Waals surface area contributed by atoms with Crippen LogP contribution in [0, 0.1) is 11.8 Å². The molecule has 1 fully saturated rings. The van der Waals surface area contributed by atoms with Crippen LogP contribution in [0.3, 0.4) is 0 Å². The molecular weight excluding hydrogens is 286 g/mol. The minimum Gasteiger partial charge on any atom is -0.481 e. The van der Waals surface area contributed by atoms with E-state index in [0.29, 0.717) is 5.92 Å². The molecule has 1 aliphatic rings. The van der Waals surface area contributed by atoms with Gasteiger partial charge in [-0.1, -0.05) is 44.9 Å². The summed E-state index contributed by atoms with van der Waals surface area (Å²) in [4.78, 5) is 10.7. The van der Waals surface area contributed by atoms with Crippen LogP contribution in [-0.4, -0.2) is 31.6 Å². The van der Waals surface area contributed by atoms with Crippen molar-refractivity contribution in [3.8, 4) is 0 Å². The molecular formula is C15H25N3O2S. The molecule has 0 bridgehead atoms. The molecule has 2 rings (SSSR count). The lowest BCUT2D eigenvalue weighted by atomic mass is 9.81. The molecule has 0 amide bonds. The number of hydrogen-bond donors (Lipinski definition) is 1. The highest BCUT2D eigenvalue weighted by atomic mass is 32.2. The molecule has 0 atom stereocenters. The van der Waals surface area contributed by atoms with E-state index in [0.717, 1.165) is 29.9 Å². The smallest absolute Gasteiger partial charge is 0.313 e. The standard InChI is InChI=1S/C15H25N3O2S/c1-3-11-5-7-12(8-6-11)9-18-13(4-2)16-17-15(18)21-10-14(19)20/h11-12H,3-10H2,1-2H3,(H,19,20). The molecule has 0 aromatic carbocycles. The van der Waals surface area contributed by atoms with Crippen molar-refractivity contribution in [3.63, 3.8) is 0 Å². The highest BCUT2D eigenvalue weighted by Crippen LogP contribution is 2.32. The summed E-state index contributed by atoms with van der Waals surface area (Å²) in [7, 11) is 0. The predicted octanol–water partition coefficient (Wildman–Crippen LogP) is 3.23. The average molecular weight is 311 g/mol. The van der Waals surface area contributed by atoms with E-state index >= 15 is 0 Å². The Morgan fingerprint density at radius 2 is 1.90 bits per heavy atom. The molecule has 1 heterocycles. The number of aliphatic carboxylic acids is 1. The summed E-state index contributed by atoms with van der Waals surface area (Å²) >= 11 is 1.27. The summed E-state index contributed by atoms with van der Waals surface area (Å²) in [5, 5.41) is 18.0. The highest BCUT2D eigenvalue weighted by molar-refractivity contribution is 7.99. The van der Waals surface area contributed by atoms with Gasteiger partial charge in [0, 0.05) is 13.0 Å². The molecule has 0 unspecified atom stereocenters. The van der Waals surface area contributed by atoms with Gasteiger partial charge in [0.1, 0.15) is 5.82 Å². The molecule has 21 heavy (non-hydrogen) atoms. The molecule has 0 spiro atoms. The van der Waals surface area contributed by atoms with Gasteiger partial charge < -0.3 is 9.67 Å². The van der Waals surface area contributed by atoms with Crippen molar-refractivity contribution >= 4 is 17.7 Å². The molecule has 0 saturated heterocycles. The first-order valence-electron chi connectivity index (χ1n) is 7.90. The monoisotopic (exact) mass is 311 g/mol. The molecule has 118 valence electrons.